The fraction of sp³-hybridized carbons (Fsp3) is 0.375. The highest BCUT2D eigenvalue weighted by Gasteiger charge is 2.18. The van der Waals surface area contributed by atoms with Crippen LogP contribution in [0.25, 0.3) is 10.1 Å². The number of carbonyl (C=O) groups is 1. The van der Waals surface area contributed by atoms with E-state index in [0.29, 0.717) is 25.4 Å². The van der Waals surface area contributed by atoms with Gasteiger partial charge < -0.3 is 4.90 Å². The average Bonchev–Trinajstić information content (AvgIpc) is 2.86. The second-order valence-electron chi connectivity index (χ2n) is 5.20. The molecule has 1 heterocycles. The van der Waals surface area contributed by atoms with Crippen LogP contribution in [0.3, 0.4) is 0 Å². The number of rotatable bonds is 5. The Labute approximate surface area is 123 Å². The van der Waals surface area contributed by atoms with E-state index < -0.39 is 0 Å². The van der Waals surface area contributed by atoms with Gasteiger partial charge in [-0.25, -0.2) is 0 Å². The van der Waals surface area contributed by atoms with Gasteiger partial charge >= 0.3 is 0 Å². The van der Waals surface area contributed by atoms with Crippen LogP contribution in [0.15, 0.2) is 30.3 Å². The summed E-state index contributed by atoms with van der Waals surface area (Å²) in [5.41, 5.74) is 0. The standard InChI is InChI=1S/C16H18N2OS/c1-12(2)11-18(9-5-8-17)16(19)15-10-13-6-3-4-7-14(13)20-15/h3-4,6-7,10,12H,5,9,11H2,1-2H3. The Kier molecular flexibility index (Phi) is 4.75. The minimum absolute atomic E-state index is 0.0372. The lowest BCUT2D eigenvalue weighted by Crippen LogP contribution is -2.34. The highest BCUT2D eigenvalue weighted by atomic mass is 32.1. The SMILES string of the molecule is CC(C)CN(CCC#N)C(=O)c1cc2ccccc2s1. The van der Waals surface area contributed by atoms with Gasteiger partial charge in [-0.1, -0.05) is 32.0 Å². The zero-order chi connectivity index (χ0) is 14.5. The third-order valence-electron chi connectivity index (χ3n) is 3.00. The average molecular weight is 286 g/mol. The van der Waals surface area contributed by atoms with Gasteiger partial charge in [-0.15, -0.1) is 11.3 Å². The van der Waals surface area contributed by atoms with E-state index in [9.17, 15) is 4.79 Å². The first kappa shape index (κ1) is 14.5. The Hall–Kier alpha value is -1.86. The molecular weight excluding hydrogens is 268 g/mol. The van der Waals surface area contributed by atoms with E-state index in [1.165, 1.54) is 11.3 Å². The van der Waals surface area contributed by atoms with Gasteiger partial charge in [-0.05, 0) is 23.4 Å². The van der Waals surface area contributed by atoms with Gasteiger partial charge in [0.05, 0.1) is 17.4 Å². The van der Waals surface area contributed by atoms with Crippen LogP contribution in [0.2, 0.25) is 0 Å². The van der Waals surface area contributed by atoms with Crippen molar-refractivity contribution in [3.63, 3.8) is 0 Å². The van der Waals surface area contributed by atoms with E-state index in [-0.39, 0.29) is 5.91 Å². The van der Waals surface area contributed by atoms with E-state index in [1.54, 1.807) is 4.90 Å². The van der Waals surface area contributed by atoms with Crippen molar-refractivity contribution in [2.24, 2.45) is 5.92 Å². The molecule has 0 saturated heterocycles. The van der Waals surface area contributed by atoms with E-state index in [4.69, 9.17) is 5.26 Å². The van der Waals surface area contributed by atoms with Crippen LogP contribution in [0.1, 0.15) is 29.9 Å². The van der Waals surface area contributed by atoms with Crippen molar-refractivity contribution in [2.75, 3.05) is 13.1 Å². The lowest BCUT2D eigenvalue weighted by molar-refractivity contribution is 0.0745. The highest BCUT2D eigenvalue weighted by Crippen LogP contribution is 2.26. The summed E-state index contributed by atoms with van der Waals surface area (Å²) < 4.78 is 1.13. The van der Waals surface area contributed by atoms with Gasteiger partial charge in [0.2, 0.25) is 0 Å². The number of hydrogen-bond acceptors (Lipinski definition) is 3. The molecule has 0 saturated carbocycles. The summed E-state index contributed by atoms with van der Waals surface area (Å²) in [5, 5.41) is 9.83. The molecule has 0 radical (unpaired) electrons. The minimum Gasteiger partial charge on any atom is -0.337 e. The fourth-order valence-electron chi connectivity index (χ4n) is 2.14. The molecule has 0 aliphatic carbocycles. The molecule has 0 atom stereocenters. The maximum absolute atomic E-state index is 12.6. The second-order valence-corrected chi connectivity index (χ2v) is 6.29. The predicted molar refractivity (Wildman–Crippen MR) is 82.8 cm³/mol. The molecule has 104 valence electrons. The molecule has 2 aromatic rings. The number of carbonyl (C=O) groups excluding carboxylic acids is 1. The molecule has 0 bridgehead atoms. The fourth-order valence-corrected chi connectivity index (χ4v) is 3.18. The highest BCUT2D eigenvalue weighted by molar-refractivity contribution is 7.20. The summed E-state index contributed by atoms with van der Waals surface area (Å²) in [6.07, 6.45) is 0.378. The van der Waals surface area contributed by atoms with Crippen LogP contribution < -0.4 is 0 Å². The Morgan fingerprint density at radius 2 is 2.15 bits per heavy atom. The third kappa shape index (κ3) is 3.37. The zero-order valence-electron chi connectivity index (χ0n) is 11.8. The molecule has 3 nitrogen and oxygen atoms in total. The molecule has 4 heteroatoms. The van der Waals surface area contributed by atoms with Crippen molar-refractivity contribution in [1.29, 1.82) is 5.26 Å². The van der Waals surface area contributed by atoms with Crippen LogP contribution in [0.5, 0.6) is 0 Å². The van der Waals surface area contributed by atoms with Crippen molar-refractivity contribution in [3.8, 4) is 6.07 Å². The summed E-state index contributed by atoms with van der Waals surface area (Å²) >= 11 is 1.52. The molecule has 0 aliphatic heterocycles. The molecule has 1 aromatic heterocycles. The number of amides is 1. The molecular formula is C16H18N2OS. The molecule has 20 heavy (non-hydrogen) atoms. The van der Waals surface area contributed by atoms with Crippen LogP contribution >= 0.6 is 11.3 Å². The van der Waals surface area contributed by atoms with Gasteiger partial charge in [0.25, 0.3) is 5.91 Å². The van der Waals surface area contributed by atoms with Gasteiger partial charge in [-0.2, -0.15) is 5.26 Å². The third-order valence-corrected chi connectivity index (χ3v) is 4.11. The summed E-state index contributed by atoms with van der Waals surface area (Å²) in [6, 6.07) is 12.1. The van der Waals surface area contributed by atoms with E-state index in [2.05, 4.69) is 19.9 Å². The molecule has 2 rings (SSSR count). The molecule has 1 aromatic carbocycles. The Bertz CT molecular complexity index is 606. The van der Waals surface area contributed by atoms with Crippen LogP contribution in [-0.2, 0) is 0 Å². The maximum Gasteiger partial charge on any atom is 0.264 e. The van der Waals surface area contributed by atoms with Crippen LogP contribution in [0.4, 0.5) is 0 Å². The smallest absolute Gasteiger partial charge is 0.264 e. The number of nitrogens with zero attached hydrogens (tertiary/aromatic N) is 2. The van der Waals surface area contributed by atoms with Gasteiger partial charge in [0, 0.05) is 17.8 Å². The second kappa shape index (κ2) is 6.53. The van der Waals surface area contributed by atoms with Gasteiger partial charge in [-0.3, -0.25) is 4.79 Å². The lowest BCUT2D eigenvalue weighted by Gasteiger charge is -2.22. The topological polar surface area (TPSA) is 44.1 Å². The Morgan fingerprint density at radius 1 is 1.40 bits per heavy atom. The first-order chi connectivity index (χ1) is 9.61. The molecule has 0 aliphatic rings. The molecule has 1 amide bonds. The number of fused-ring (bicyclic) bond motifs is 1. The summed E-state index contributed by atoms with van der Waals surface area (Å²) in [6.45, 7) is 5.35. The van der Waals surface area contributed by atoms with Crippen molar-refractivity contribution < 1.29 is 4.79 Å². The zero-order valence-corrected chi connectivity index (χ0v) is 12.6. The van der Waals surface area contributed by atoms with Crippen LogP contribution in [-0.4, -0.2) is 23.9 Å². The Morgan fingerprint density at radius 3 is 2.80 bits per heavy atom. The number of nitriles is 1. The van der Waals surface area contributed by atoms with E-state index in [1.807, 2.05) is 30.3 Å². The molecule has 0 fully saturated rings. The number of benzene rings is 1. The van der Waals surface area contributed by atoms with Gasteiger partial charge in [0.15, 0.2) is 0 Å². The summed E-state index contributed by atoms with van der Waals surface area (Å²) in [4.78, 5) is 15.1. The number of thiophene rings is 1. The first-order valence-corrected chi connectivity index (χ1v) is 7.58. The summed E-state index contributed by atoms with van der Waals surface area (Å²) in [5.74, 6) is 0.433. The number of hydrogen-bond donors (Lipinski definition) is 0. The minimum atomic E-state index is 0.0372. The van der Waals surface area contributed by atoms with Crippen molar-refractivity contribution >= 4 is 27.3 Å². The van der Waals surface area contributed by atoms with Crippen LogP contribution in [0, 0.1) is 17.2 Å². The summed E-state index contributed by atoms with van der Waals surface area (Å²) in [7, 11) is 0. The monoisotopic (exact) mass is 286 g/mol. The normalized spacial score (nSPS) is 10.7. The lowest BCUT2D eigenvalue weighted by atomic mass is 10.2. The van der Waals surface area contributed by atoms with E-state index >= 15 is 0 Å². The van der Waals surface area contributed by atoms with Crippen molar-refractivity contribution in [2.45, 2.75) is 20.3 Å². The quantitative estimate of drug-likeness (QED) is 0.836. The first-order valence-electron chi connectivity index (χ1n) is 6.76. The molecule has 0 unspecified atom stereocenters. The van der Waals surface area contributed by atoms with Crippen molar-refractivity contribution in [1.82, 2.24) is 4.90 Å². The van der Waals surface area contributed by atoms with Gasteiger partial charge in [0.1, 0.15) is 0 Å². The maximum atomic E-state index is 12.6. The predicted octanol–water partition coefficient (Wildman–Crippen LogP) is 3.91. The van der Waals surface area contributed by atoms with E-state index in [0.717, 1.165) is 15.0 Å². The van der Waals surface area contributed by atoms with Crippen molar-refractivity contribution in [3.05, 3.63) is 35.2 Å². The largest absolute Gasteiger partial charge is 0.337 e. The Balaban J connectivity index is 2.23. The molecule has 0 spiro atoms. The molecule has 0 N–H and O–H groups in total.